The van der Waals surface area contributed by atoms with Crippen LogP contribution in [-0.2, 0) is 4.79 Å². The maximum atomic E-state index is 12.2. The largest absolute Gasteiger partial charge is 0.349 e. The first-order valence-corrected chi connectivity index (χ1v) is 6.78. The van der Waals surface area contributed by atoms with E-state index >= 15 is 0 Å². The third-order valence-corrected chi connectivity index (χ3v) is 4.21. The molecule has 1 aliphatic carbocycles. The first kappa shape index (κ1) is 17.7. The number of carbonyl (C=O) groups is 1. The molecule has 1 rings (SSSR count). The molecule has 4 heteroatoms. The van der Waals surface area contributed by atoms with E-state index in [-0.39, 0.29) is 35.2 Å². The molecule has 3 N–H and O–H groups in total. The van der Waals surface area contributed by atoms with Crippen molar-refractivity contribution in [1.82, 2.24) is 5.32 Å². The quantitative estimate of drug-likeness (QED) is 0.784. The molecule has 0 spiro atoms. The number of rotatable bonds is 6. The summed E-state index contributed by atoms with van der Waals surface area (Å²) in [6, 6.07) is 0. The van der Waals surface area contributed by atoms with E-state index < -0.39 is 0 Å². The van der Waals surface area contributed by atoms with Crippen LogP contribution < -0.4 is 11.1 Å². The Hall–Kier alpha value is -0.280. The van der Waals surface area contributed by atoms with Crippen molar-refractivity contribution in [3.63, 3.8) is 0 Å². The monoisotopic (exact) mass is 276 g/mol. The average molecular weight is 277 g/mol. The second-order valence-electron chi connectivity index (χ2n) is 6.62. The Bertz CT molecular complexity index is 296. The molecule has 0 aliphatic heterocycles. The normalized spacial score (nSPS) is 29.4. The number of nitrogens with one attached hydrogen (secondary N) is 1. The molecule has 1 amide bonds. The topological polar surface area (TPSA) is 55.1 Å². The molecular formula is C14H29ClN2O. The Labute approximate surface area is 118 Å². The van der Waals surface area contributed by atoms with E-state index in [1.807, 2.05) is 0 Å². The van der Waals surface area contributed by atoms with Crippen LogP contribution in [0.25, 0.3) is 0 Å². The third kappa shape index (κ3) is 4.13. The summed E-state index contributed by atoms with van der Waals surface area (Å²) in [5.41, 5.74) is 5.80. The Morgan fingerprint density at radius 1 is 1.56 bits per heavy atom. The zero-order chi connectivity index (χ0) is 13.3. The van der Waals surface area contributed by atoms with Crippen LogP contribution >= 0.6 is 12.4 Å². The molecule has 1 aliphatic rings. The van der Waals surface area contributed by atoms with Crippen molar-refractivity contribution < 1.29 is 4.79 Å². The predicted molar refractivity (Wildman–Crippen MR) is 78.8 cm³/mol. The first-order valence-electron chi connectivity index (χ1n) is 6.78. The van der Waals surface area contributed by atoms with Gasteiger partial charge in [-0.15, -0.1) is 12.4 Å². The Kier molecular flexibility index (Phi) is 6.15. The molecule has 0 radical (unpaired) electrons. The van der Waals surface area contributed by atoms with Gasteiger partial charge in [0.2, 0.25) is 5.91 Å². The summed E-state index contributed by atoms with van der Waals surface area (Å²) in [5.74, 6) is 0.939. The van der Waals surface area contributed by atoms with Gasteiger partial charge < -0.3 is 11.1 Å². The standard InChI is InChI=1S/C14H28N2O.ClH/c1-6-13(4)8-11(13)12(17)16-14(5,9-15)7-10(2)3;/h10-11H,6-9,15H2,1-5H3,(H,16,17);1H. The molecule has 108 valence electrons. The van der Waals surface area contributed by atoms with Gasteiger partial charge in [-0.3, -0.25) is 4.79 Å². The van der Waals surface area contributed by atoms with Gasteiger partial charge in [0, 0.05) is 18.0 Å². The number of halogens is 1. The highest BCUT2D eigenvalue weighted by Gasteiger charge is 2.53. The summed E-state index contributed by atoms with van der Waals surface area (Å²) >= 11 is 0. The van der Waals surface area contributed by atoms with Gasteiger partial charge in [0.25, 0.3) is 0 Å². The van der Waals surface area contributed by atoms with Gasteiger partial charge in [-0.2, -0.15) is 0 Å². The molecule has 0 aromatic carbocycles. The molecule has 0 heterocycles. The van der Waals surface area contributed by atoms with Crippen LogP contribution in [0.2, 0.25) is 0 Å². The lowest BCUT2D eigenvalue weighted by Crippen LogP contribution is -2.52. The summed E-state index contributed by atoms with van der Waals surface area (Å²) in [4.78, 5) is 12.2. The Morgan fingerprint density at radius 3 is 2.44 bits per heavy atom. The van der Waals surface area contributed by atoms with Crippen molar-refractivity contribution in [1.29, 1.82) is 0 Å². The fourth-order valence-electron chi connectivity index (χ4n) is 2.68. The molecule has 0 bridgehead atoms. The van der Waals surface area contributed by atoms with Gasteiger partial charge in [-0.1, -0.05) is 27.7 Å². The molecular weight excluding hydrogens is 248 g/mol. The molecule has 0 saturated heterocycles. The number of amides is 1. The lowest BCUT2D eigenvalue weighted by Gasteiger charge is -2.31. The fraction of sp³-hybridized carbons (Fsp3) is 0.929. The van der Waals surface area contributed by atoms with Crippen molar-refractivity contribution in [2.75, 3.05) is 6.54 Å². The first-order chi connectivity index (χ1) is 7.76. The maximum Gasteiger partial charge on any atom is 0.224 e. The zero-order valence-corrected chi connectivity index (χ0v) is 13.2. The number of hydrogen-bond donors (Lipinski definition) is 2. The highest BCUT2D eigenvalue weighted by Crippen LogP contribution is 2.54. The smallest absolute Gasteiger partial charge is 0.224 e. The lowest BCUT2D eigenvalue weighted by atomic mass is 9.90. The molecule has 0 aromatic heterocycles. The van der Waals surface area contributed by atoms with Crippen LogP contribution in [-0.4, -0.2) is 18.0 Å². The van der Waals surface area contributed by atoms with E-state index in [1.54, 1.807) is 0 Å². The SMILES string of the molecule is CCC1(C)CC1C(=O)NC(C)(CN)CC(C)C.Cl. The number of nitrogens with two attached hydrogens (primary N) is 1. The van der Waals surface area contributed by atoms with Gasteiger partial charge in [0.15, 0.2) is 0 Å². The van der Waals surface area contributed by atoms with E-state index in [0.29, 0.717) is 12.5 Å². The van der Waals surface area contributed by atoms with Crippen LogP contribution in [0.3, 0.4) is 0 Å². The highest BCUT2D eigenvalue weighted by molar-refractivity contribution is 5.85. The van der Waals surface area contributed by atoms with E-state index in [0.717, 1.165) is 19.3 Å². The minimum absolute atomic E-state index is 0. The maximum absolute atomic E-state index is 12.2. The third-order valence-electron chi connectivity index (χ3n) is 4.21. The molecule has 18 heavy (non-hydrogen) atoms. The van der Waals surface area contributed by atoms with E-state index in [1.165, 1.54) is 0 Å². The molecule has 1 saturated carbocycles. The summed E-state index contributed by atoms with van der Waals surface area (Å²) in [5, 5.41) is 3.16. The van der Waals surface area contributed by atoms with E-state index in [2.05, 4.69) is 39.9 Å². The van der Waals surface area contributed by atoms with Gasteiger partial charge in [-0.25, -0.2) is 0 Å². The second-order valence-corrected chi connectivity index (χ2v) is 6.62. The average Bonchev–Trinajstić information content (AvgIpc) is 2.91. The molecule has 0 aromatic rings. The number of carbonyl (C=O) groups excluding carboxylic acids is 1. The van der Waals surface area contributed by atoms with Gasteiger partial charge in [-0.05, 0) is 37.5 Å². The van der Waals surface area contributed by atoms with Crippen molar-refractivity contribution in [3.8, 4) is 0 Å². The van der Waals surface area contributed by atoms with Crippen LogP contribution in [0.15, 0.2) is 0 Å². The van der Waals surface area contributed by atoms with Crippen LogP contribution in [0.5, 0.6) is 0 Å². The second kappa shape index (κ2) is 6.25. The van der Waals surface area contributed by atoms with Gasteiger partial charge >= 0.3 is 0 Å². The Morgan fingerprint density at radius 2 is 2.11 bits per heavy atom. The highest BCUT2D eigenvalue weighted by atomic mass is 35.5. The molecule has 3 unspecified atom stereocenters. The van der Waals surface area contributed by atoms with Gasteiger partial charge in [0.05, 0.1) is 0 Å². The van der Waals surface area contributed by atoms with Crippen LogP contribution in [0.1, 0.15) is 53.9 Å². The predicted octanol–water partition coefficient (Wildman–Crippen LogP) is 2.72. The van der Waals surface area contributed by atoms with Gasteiger partial charge in [0.1, 0.15) is 0 Å². The Balaban J connectivity index is 0.00000289. The summed E-state index contributed by atoms with van der Waals surface area (Å²) in [7, 11) is 0. The van der Waals surface area contributed by atoms with E-state index in [4.69, 9.17) is 5.73 Å². The van der Waals surface area contributed by atoms with E-state index in [9.17, 15) is 4.79 Å². The molecule has 3 atom stereocenters. The lowest BCUT2D eigenvalue weighted by molar-refractivity contribution is -0.125. The minimum Gasteiger partial charge on any atom is -0.349 e. The minimum atomic E-state index is -0.248. The van der Waals surface area contributed by atoms with Crippen molar-refractivity contribution >= 4 is 18.3 Å². The van der Waals surface area contributed by atoms with Crippen molar-refractivity contribution in [3.05, 3.63) is 0 Å². The summed E-state index contributed by atoms with van der Waals surface area (Å²) < 4.78 is 0. The van der Waals surface area contributed by atoms with Crippen LogP contribution in [0, 0.1) is 17.3 Å². The van der Waals surface area contributed by atoms with Crippen molar-refractivity contribution in [2.45, 2.75) is 59.4 Å². The zero-order valence-electron chi connectivity index (χ0n) is 12.4. The van der Waals surface area contributed by atoms with Crippen LogP contribution in [0.4, 0.5) is 0 Å². The molecule has 3 nitrogen and oxygen atoms in total. The summed E-state index contributed by atoms with van der Waals surface area (Å²) in [6.07, 6.45) is 3.04. The molecule has 1 fully saturated rings. The van der Waals surface area contributed by atoms with Crippen molar-refractivity contribution in [2.24, 2.45) is 23.0 Å². The number of hydrogen-bond acceptors (Lipinski definition) is 2. The summed E-state index contributed by atoms with van der Waals surface area (Å²) in [6.45, 7) is 11.2. The fourth-order valence-corrected chi connectivity index (χ4v) is 2.68.